The molecule has 2 atom stereocenters. The van der Waals surface area contributed by atoms with Crippen LogP contribution in [-0.2, 0) is 20.8 Å². The molecule has 0 fully saturated rings. The van der Waals surface area contributed by atoms with Gasteiger partial charge < -0.3 is 20.5 Å². The van der Waals surface area contributed by atoms with Crippen molar-refractivity contribution in [1.29, 1.82) is 0 Å². The van der Waals surface area contributed by atoms with E-state index in [1.807, 2.05) is 85.1 Å². The predicted molar refractivity (Wildman–Crippen MR) is 148 cm³/mol. The number of nitrogens with zero attached hydrogens (tertiary/aromatic N) is 2. The molecule has 4 aromatic rings. The number of aryl methyl sites for hydroxylation is 1. The molecular formula is C30H29N5O3. The molecule has 1 aliphatic rings. The molecule has 0 spiro atoms. The molecule has 2 heterocycles. The standard InChI is InChI=1S/C30H29N5O3/c1-19(32-26(36)17-16-21-18-31-24-14-8-6-12-22(21)24)29(37)34-28-30(38)35(2)25-15-9-7-13-23(25)27(33-28)20-10-4-3-5-11-20/h3-15,18-19,28,31H,16-17H2,1-2H3,(H,32,36)(H,34,37)/t19-,28+/m0/s1. The van der Waals surface area contributed by atoms with Crippen molar-refractivity contribution in [1.82, 2.24) is 15.6 Å². The Kier molecular flexibility index (Phi) is 7.04. The first-order chi connectivity index (χ1) is 18.4. The summed E-state index contributed by atoms with van der Waals surface area (Å²) in [6.45, 7) is 1.60. The number of carbonyl (C=O) groups excluding carboxylic acids is 3. The number of rotatable bonds is 7. The third-order valence-corrected chi connectivity index (χ3v) is 6.74. The highest BCUT2D eigenvalue weighted by Crippen LogP contribution is 2.27. The largest absolute Gasteiger partial charge is 0.361 e. The van der Waals surface area contributed by atoms with Gasteiger partial charge >= 0.3 is 0 Å². The number of aromatic amines is 1. The lowest BCUT2D eigenvalue weighted by molar-refractivity contribution is -0.130. The predicted octanol–water partition coefficient (Wildman–Crippen LogP) is 3.56. The van der Waals surface area contributed by atoms with Crippen LogP contribution in [0.5, 0.6) is 0 Å². The Morgan fingerprint density at radius 3 is 2.53 bits per heavy atom. The maximum absolute atomic E-state index is 13.3. The number of carbonyl (C=O) groups is 3. The lowest BCUT2D eigenvalue weighted by Crippen LogP contribution is -2.52. The van der Waals surface area contributed by atoms with Gasteiger partial charge in [0.25, 0.3) is 5.91 Å². The molecule has 8 heteroatoms. The van der Waals surface area contributed by atoms with Crippen LogP contribution in [0.4, 0.5) is 5.69 Å². The van der Waals surface area contributed by atoms with Gasteiger partial charge in [0.1, 0.15) is 6.04 Å². The van der Waals surface area contributed by atoms with E-state index in [1.54, 1.807) is 14.0 Å². The number of aromatic nitrogens is 1. The molecule has 0 unspecified atom stereocenters. The molecule has 3 N–H and O–H groups in total. The SMILES string of the molecule is C[C@H](NC(=O)CCc1c[nH]c2ccccc12)C(=O)N[C@H]1N=C(c2ccccc2)c2ccccc2N(C)C1=O. The number of likely N-dealkylation sites (N-methyl/N-ethyl adjacent to an activating group) is 1. The monoisotopic (exact) mass is 507 g/mol. The number of para-hydroxylation sites is 2. The molecule has 192 valence electrons. The second-order valence-electron chi connectivity index (χ2n) is 9.32. The van der Waals surface area contributed by atoms with Crippen molar-refractivity contribution in [2.45, 2.75) is 32.0 Å². The number of aliphatic imine (C=N–C) groups is 1. The van der Waals surface area contributed by atoms with Crippen molar-refractivity contribution >= 4 is 40.0 Å². The van der Waals surface area contributed by atoms with E-state index in [-0.39, 0.29) is 18.2 Å². The van der Waals surface area contributed by atoms with E-state index >= 15 is 0 Å². The summed E-state index contributed by atoms with van der Waals surface area (Å²) in [4.78, 5) is 48.4. The first kappa shape index (κ1) is 25.0. The maximum atomic E-state index is 13.3. The molecular weight excluding hydrogens is 478 g/mol. The molecule has 0 radical (unpaired) electrons. The number of amides is 3. The molecule has 5 rings (SSSR count). The molecule has 0 saturated heterocycles. The van der Waals surface area contributed by atoms with Gasteiger partial charge in [-0.05, 0) is 31.0 Å². The van der Waals surface area contributed by atoms with Crippen LogP contribution in [0.2, 0.25) is 0 Å². The van der Waals surface area contributed by atoms with Crippen LogP contribution in [0.25, 0.3) is 10.9 Å². The van der Waals surface area contributed by atoms with Crippen LogP contribution in [0.3, 0.4) is 0 Å². The highest BCUT2D eigenvalue weighted by Gasteiger charge is 2.32. The van der Waals surface area contributed by atoms with Gasteiger partial charge in [0, 0.05) is 41.7 Å². The number of benzodiazepines with no additional fused rings is 1. The first-order valence-electron chi connectivity index (χ1n) is 12.6. The molecule has 1 aliphatic heterocycles. The topological polar surface area (TPSA) is 107 Å². The number of fused-ring (bicyclic) bond motifs is 2. The summed E-state index contributed by atoms with van der Waals surface area (Å²) in [5.41, 5.74) is 5.01. The Bertz CT molecular complexity index is 1530. The fourth-order valence-corrected chi connectivity index (χ4v) is 4.67. The molecule has 0 bridgehead atoms. The van der Waals surface area contributed by atoms with Crippen molar-refractivity contribution in [2.75, 3.05) is 11.9 Å². The van der Waals surface area contributed by atoms with Gasteiger partial charge in [-0.15, -0.1) is 0 Å². The van der Waals surface area contributed by atoms with Crippen molar-refractivity contribution in [2.24, 2.45) is 4.99 Å². The minimum Gasteiger partial charge on any atom is -0.361 e. The first-order valence-corrected chi connectivity index (χ1v) is 12.6. The van der Waals surface area contributed by atoms with Gasteiger partial charge in [-0.25, -0.2) is 4.99 Å². The number of hydrogen-bond donors (Lipinski definition) is 3. The number of H-pyrrole nitrogens is 1. The number of anilines is 1. The number of hydrogen-bond acceptors (Lipinski definition) is 4. The third kappa shape index (κ3) is 5.06. The zero-order valence-corrected chi connectivity index (χ0v) is 21.3. The average Bonchev–Trinajstić information content (AvgIpc) is 3.32. The van der Waals surface area contributed by atoms with E-state index in [1.165, 1.54) is 4.90 Å². The van der Waals surface area contributed by atoms with Crippen molar-refractivity contribution in [3.05, 3.63) is 102 Å². The van der Waals surface area contributed by atoms with Crippen LogP contribution in [0.1, 0.15) is 30.0 Å². The lowest BCUT2D eigenvalue weighted by atomic mass is 10.0. The Hall–Kier alpha value is -4.72. The second kappa shape index (κ2) is 10.7. The Labute approximate surface area is 220 Å². The zero-order valence-electron chi connectivity index (χ0n) is 21.3. The quantitative estimate of drug-likeness (QED) is 0.356. The lowest BCUT2D eigenvalue weighted by Gasteiger charge is -2.22. The van der Waals surface area contributed by atoms with E-state index in [0.717, 1.165) is 27.6 Å². The third-order valence-electron chi connectivity index (χ3n) is 6.74. The fraction of sp³-hybridized carbons (Fsp3) is 0.200. The minimum absolute atomic E-state index is 0.232. The van der Waals surface area contributed by atoms with Crippen LogP contribution < -0.4 is 15.5 Å². The van der Waals surface area contributed by atoms with Crippen molar-refractivity contribution in [3.63, 3.8) is 0 Å². The van der Waals surface area contributed by atoms with Gasteiger partial charge in [-0.3, -0.25) is 14.4 Å². The van der Waals surface area contributed by atoms with E-state index in [4.69, 9.17) is 4.99 Å². The summed E-state index contributed by atoms with van der Waals surface area (Å²) in [5, 5.41) is 6.56. The fourth-order valence-electron chi connectivity index (χ4n) is 4.67. The number of benzene rings is 3. The highest BCUT2D eigenvalue weighted by molar-refractivity contribution is 6.20. The molecule has 0 aliphatic carbocycles. The van der Waals surface area contributed by atoms with Crippen molar-refractivity contribution in [3.8, 4) is 0 Å². The highest BCUT2D eigenvalue weighted by atomic mass is 16.2. The van der Waals surface area contributed by atoms with Crippen molar-refractivity contribution < 1.29 is 14.4 Å². The summed E-state index contributed by atoms with van der Waals surface area (Å²) in [5.74, 6) is -1.10. The normalized spacial score (nSPS) is 15.8. The minimum atomic E-state index is -1.14. The van der Waals surface area contributed by atoms with Gasteiger partial charge in [0.05, 0.1) is 11.4 Å². The van der Waals surface area contributed by atoms with Gasteiger partial charge in [-0.1, -0.05) is 66.7 Å². The Morgan fingerprint density at radius 1 is 1.00 bits per heavy atom. The summed E-state index contributed by atoms with van der Waals surface area (Å²) >= 11 is 0. The summed E-state index contributed by atoms with van der Waals surface area (Å²) < 4.78 is 0. The molecule has 3 aromatic carbocycles. The van der Waals surface area contributed by atoms with Crippen LogP contribution in [-0.4, -0.2) is 47.7 Å². The Morgan fingerprint density at radius 2 is 1.71 bits per heavy atom. The zero-order chi connectivity index (χ0) is 26.6. The Balaban J connectivity index is 1.29. The second-order valence-corrected chi connectivity index (χ2v) is 9.32. The van der Waals surface area contributed by atoms with Crippen LogP contribution in [0.15, 0.2) is 90.1 Å². The molecule has 8 nitrogen and oxygen atoms in total. The molecule has 0 saturated carbocycles. The molecule has 38 heavy (non-hydrogen) atoms. The smallest absolute Gasteiger partial charge is 0.272 e. The molecule has 3 amide bonds. The average molecular weight is 508 g/mol. The summed E-state index contributed by atoms with van der Waals surface area (Å²) in [6.07, 6.45) is 1.54. The number of nitrogens with one attached hydrogen (secondary N) is 3. The van der Waals surface area contributed by atoms with E-state index < -0.39 is 18.1 Å². The van der Waals surface area contributed by atoms with E-state index in [9.17, 15) is 14.4 Å². The van der Waals surface area contributed by atoms with E-state index in [0.29, 0.717) is 17.8 Å². The van der Waals surface area contributed by atoms with Crippen LogP contribution in [0, 0.1) is 0 Å². The van der Waals surface area contributed by atoms with Crippen LogP contribution >= 0.6 is 0 Å². The molecule has 1 aromatic heterocycles. The summed E-state index contributed by atoms with van der Waals surface area (Å²) in [6, 6.07) is 24.1. The van der Waals surface area contributed by atoms with E-state index in [2.05, 4.69) is 15.6 Å². The van der Waals surface area contributed by atoms with Gasteiger partial charge in [0.15, 0.2) is 0 Å². The maximum Gasteiger partial charge on any atom is 0.272 e. The van der Waals surface area contributed by atoms with Gasteiger partial charge in [-0.2, -0.15) is 0 Å². The van der Waals surface area contributed by atoms with Gasteiger partial charge in [0.2, 0.25) is 18.0 Å². The summed E-state index contributed by atoms with van der Waals surface area (Å²) in [7, 11) is 1.67.